The van der Waals surface area contributed by atoms with Gasteiger partial charge in [0.1, 0.15) is 6.04 Å². The minimum Gasteiger partial charge on any atom is -0.348 e. The van der Waals surface area contributed by atoms with Gasteiger partial charge in [0.15, 0.2) is 5.13 Å². The Morgan fingerprint density at radius 3 is 2.64 bits per heavy atom. The Morgan fingerprint density at radius 2 is 1.95 bits per heavy atom. The van der Waals surface area contributed by atoms with Gasteiger partial charge >= 0.3 is 0 Å². The van der Waals surface area contributed by atoms with Gasteiger partial charge in [0, 0.05) is 9.95 Å². The summed E-state index contributed by atoms with van der Waals surface area (Å²) in [6.45, 7) is -0.225. The van der Waals surface area contributed by atoms with Crippen molar-refractivity contribution in [1.29, 1.82) is 0 Å². The maximum atomic E-state index is 10.9. The lowest BCUT2D eigenvalue weighted by atomic mass is 10.1. The van der Waals surface area contributed by atoms with Crippen molar-refractivity contribution in [3.63, 3.8) is 0 Å². The van der Waals surface area contributed by atoms with Crippen LogP contribution in [0, 0.1) is 10.1 Å². The van der Waals surface area contributed by atoms with E-state index in [0.717, 1.165) is 15.8 Å². The van der Waals surface area contributed by atoms with Gasteiger partial charge in [-0.1, -0.05) is 47.2 Å². The van der Waals surface area contributed by atoms with Crippen molar-refractivity contribution >= 4 is 38.3 Å². The molecule has 0 radical (unpaired) electrons. The molecular weight excluding hydrogens is 322 g/mol. The monoisotopic (exact) mass is 333 g/mol. The first-order valence-electron chi connectivity index (χ1n) is 6.61. The normalized spacial score (nSPS) is 12.2. The molecule has 1 aromatic heterocycles. The molecule has 1 N–H and O–H groups in total. The summed E-state index contributed by atoms with van der Waals surface area (Å²) >= 11 is 7.35. The van der Waals surface area contributed by atoms with Crippen molar-refractivity contribution in [2.75, 3.05) is 11.9 Å². The zero-order chi connectivity index (χ0) is 15.5. The molecule has 1 heterocycles. The average Bonchev–Trinajstić information content (AvgIpc) is 2.89. The third kappa shape index (κ3) is 3.35. The van der Waals surface area contributed by atoms with E-state index in [4.69, 9.17) is 11.6 Å². The van der Waals surface area contributed by atoms with Crippen molar-refractivity contribution < 1.29 is 4.92 Å². The molecular formula is C15H12ClN3O2S. The third-order valence-corrected chi connectivity index (χ3v) is 4.42. The summed E-state index contributed by atoms with van der Waals surface area (Å²) in [5.41, 5.74) is 1.69. The molecule has 5 nitrogen and oxygen atoms in total. The van der Waals surface area contributed by atoms with Crippen molar-refractivity contribution in [3.8, 4) is 0 Å². The van der Waals surface area contributed by atoms with Crippen LogP contribution in [0.15, 0.2) is 48.5 Å². The van der Waals surface area contributed by atoms with Gasteiger partial charge in [-0.3, -0.25) is 10.1 Å². The number of para-hydroxylation sites is 1. The first-order chi connectivity index (χ1) is 10.6. The lowest BCUT2D eigenvalue weighted by Gasteiger charge is -2.14. The van der Waals surface area contributed by atoms with Gasteiger partial charge in [-0.2, -0.15) is 0 Å². The van der Waals surface area contributed by atoms with Crippen LogP contribution in [0.2, 0.25) is 5.02 Å². The minimum atomic E-state index is -0.451. The van der Waals surface area contributed by atoms with E-state index in [9.17, 15) is 10.1 Å². The second-order valence-electron chi connectivity index (χ2n) is 4.75. The molecule has 7 heteroatoms. The molecule has 22 heavy (non-hydrogen) atoms. The summed E-state index contributed by atoms with van der Waals surface area (Å²) in [6.07, 6.45) is 0. The fraction of sp³-hybridized carbons (Fsp3) is 0.133. The highest BCUT2D eigenvalue weighted by atomic mass is 35.5. The van der Waals surface area contributed by atoms with Gasteiger partial charge < -0.3 is 5.32 Å². The van der Waals surface area contributed by atoms with Crippen molar-refractivity contribution in [1.82, 2.24) is 4.98 Å². The van der Waals surface area contributed by atoms with E-state index in [2.05, 4.69) is 10.3 Å². The second kappa shape index (κ2) is 6.29. The van der Waals surface area contributed by atoms with Crippen LogP contribution in [0.25, 0.3) is 10.2 Å². The Kier molecular flexibility index (Phi) is 4.22. The van der Waals surface area contributed by atoms with Crippen LogP contribution in [0.3, 0.4) is 0 Å². The van der Waals surface area contributed by atoms with Crippen LogP contribution in [0.4, 0.5) is 5.13 Å². The van der Waals surface area contributed by atoms with Crippen LogP contribution < -0.4 is 5.32 Å². The van der Waals surface area contributed by atoms with Crippen LogP contribution in [0.1, 0.15) is 11.6 Å². The largest absolute Gasteiger partial charge is 0.348 e. The highest BCUT2D eigenvalue weighted by molar-refractivity contribution is 7.22. The highest BCUT2D eigenvalue weighted by Crippen LogP contribution is 2.29. The molecule has 0 unspecified atom stereocenters. The molecule has 2 aromatic carbocycles. The molecule has 0 spiro atoms. The van der Waals surface area contributed by atoms with Gasteiger partial charge in [-0.05, 0) is 29.8 Å². The number of anilines is 1. The number of aromatic nitrogens is 1. The third-order valence-electron chi connectivity index (χ3n) is 3.20. The van der Waals surface area contributed by atoms with Crippen molar-refractivity contribution in [3.05, 3.63) is 69.2 Å². The number of nitrogens with zero attached hydrogens (tertiary/aromatic N) is 2. The molecule has 0 fully saturated rings. The number of nitro groups is 1. The fourth-order valence-corrected chi connectivity index (χ4v) is 3.21. The number of thiazole rings is 1. The molecule has 0 amide bonds. The molecule has 112 valence electrons. The number of fused-ring (bicyclic) bond motifs is 1. The van der Waals surface area contributed by atoms with Crippen LogP contribution in [0.5, 0.6) is 0 Å². The number of nitrogens with one attached hydrogen (secondary N) is 1. The average molecular weight is 334 g/mol. The number of hydrogen-bond acceptors (Lipinski definition) is 5. The fourth-order valence-electron chi connectivity index (χ4n) is 2.16. The molecule has 0 aliphatic heterocycles. The zero-order valence-corrected chi connectivity index (χ0v) is 13.0. The predicted molar refractivity (Wildman–Crippen MR) is 89.3 cm³/mol. The molecule has 3 rings (SSSR count). The summed E-state index contributed by atoms with van der Waals surface area (Å²) in [6, 6.07) is 14.3. The van der Waals surface area contributed by atoms with Gasteiger partial charge in [0.05, 0.1) is 10.2 Å². The molecule has 3 aromatic rings. The first-order valence-corrected chi connectivity index (χ1v) is 7.80. The van der Waals surface area contributed by atoms with Gasteiger partial charge in [-0.15, -0.1) is 0 Å². The smallest absolute Gasteiger partial charge is 0.227 e. The number of hydrogen-bond donors (Lipinski definition) is 1. The lowest BCUT2D eigenvalue weighted by Crippen LogP contribution is -2.20. The minimum absolute atomic E-state index is 0.225. The SMILES string of the molecule is O=[N+]([O-])C[C@@H](Nc1nc2ccccc2s1)c1ccc(Cl)cc1. The number of benzene rings is 2. The van der Waals surface area contributed by atoms with Gasteiger partial charge in [0.25, 0.3) is 0 Å². The molecule has 0 bridgehead atoms. The van der Waals surface area contributed by atoms with Crippen molar-refractivity contribution in [2.24, 2.45) is 0 Å². The topological polar surface area (TPSA) is 68.1 Å². The molecule has 1 atom stereocenters. The molecule has 0 saturated heterocycles. The van der Waals surface area contributed by atoms with E-state index >= 15 is 0 Å². The Bertz CT molecular complexity index is 771. The van der Waals surface area contributed by atoms with Crippen molar-refractivity contribution in [2.45, 2.75) is 6.04 Å². The standard InChI is InChI=1S/C15H12ClN3O2S/c16-11-7-5-10(6-8-11)13(9-19(20)21)18-15-17-12-3-1-2-4-14(12)22-15/h1-8,13H,9H2,(H,17,18)/t13-/m1/s1. The van der Waals surface area contributed by atoms with E-state index in [-0.39, 0.29) is 11.5 Å². The lowest BCUT2D eigenvalue weighted by molar-refractivity contribution is -0.482. The van der Waals surface area contributed by atoms with Crippen LogP contribution >= 0.6 is 22.9 Å². The van der Waals surface area contributed by atoms with Gasteiger partial charge in [-0.25, -0.2) is 4.98 Å². The summed E-state index contributed by atoms with van der Waals surface area (Å²) in [4.78, 5) is 15.1. The van der Waals surface area contributed by atoms with E-state index in [0.29, 0.717) is 10.2 Å². The summed E-state index contributed by atoms with van der Waals surface area (Å²) in [5.74, 6) is 0. The Hall–Kier alpha value is -2.18. The number of rotatable bonds is 5. The summed E-state index contributed by atoms with van der Waals surface area (Å²) < 4.78 is 1.04. The Labute approximate surface area is 135 Å². The first kappa shape index (κ1) is 14.7. The van der Waals surface area contributed by atoms with Gasteiger partial charge in [0.2, 0.25) is 6.54 Å². The van der Waals surface area contributed by atoms with E-state index < -0.39 is 6.04 Å². The quantitative estimate of drug-likeness (QED) is 0.555. The molecule has 0 saturated carbocycles. The number of halogens is 1. The van der Waals surface area contributed by atoms with Crippen LogP contribution in [-0.2, 0) is 0 Å². The summed E-state index contributed by atoms with van der Waals surface area (Å²) in [7, 11) is 0. The van der Waals surface area contributed by atoms with E-state index in [1.165, 1.54) is 11.3 Å². The summed E-state index contributed by atoms with van der Waals surface area (Å²) in [5, 5.41) is 15.4. The molecule has 0 aliphatic carbocycles. The maximum Gasteiger partial charge on any atom is 0.227 e. The molecule has 0 aliphatic rings. The second-order valence-corrected chi connectivity index (χ2v) is 6.22. The Balaban J connectivity index is 1.88. The predicted octanol–water partition coefficient (Wildman–Crippen LogP) is 4.38. The zero-order valence-electron chi connectivity index (χ0n) is 11.4. The van der Waals surface area contributed by atoms with Crippen LogP contribution in [-0.4, -0.2) is 16.5 Å². The highest BCUT2D eigenvalue weighted by Gasteiger charge is 2.19. The van der Waals surface area contributed by atoms with E-state index in [1.54, 1.807) is 24.3 Å². The Morgan fingerprint density at radius 1 is 1.23 bits per heavy atom. The van der Waals surface area contributed by atoms with E-state index in [1.807, 2.05) is 24.3 Å². The maximum absolute atomic E-state index is 10.9.